The number of allylic oxidation sites excluding steroid dienone is 4. The molecule has 0 fully saturated rings. The summed E-state index contributed by atoms with van der Waals surface area (Å²) >= 11 is 0. The van der Waals surface area contributed by atoms with Crippen molar-refractivity contribution < 1.29 is 25.2 Å². The van der Waals surface area contributed by atoms with Crippen molar-refractivity contribution in [1.29, 1.82) is 0 Å². The van der Waals surface area contributed by atoms with Crippen LogP contribution in [0, 0.1) is 6.92 Å². The second-order valence-electron chi connectivity index (χ2n) is 8.12. The number of benzene rings is 1. The molecule has 0 unspecified atom stereocenters. The van der Waals surface area contributed by atoms with Crippen LogP contribution in [0.2, 0.25) is 0 Å². The number of hydrogen-bond donors (Lipinski definition) is 4. The van der Waals surface area contributed by atoms with Crippen molar-refractivity contribution in [2.75, 3.05) is 0 Å². The van der Waals surface area contributed by atoms with Gasteiger partial charge in [-0.05, 0) is 78.4 Å². The summed E-state index contributed by atoms with van der Waals surface area (Å²) in [4.78, 5) is 11.1. The highest BCUT2D eigenvalue weighted by Gasteiger charge is 2.23. The molecule has 0 radical (unpaired) electrons. The summed E-state index contributed by atoms with van der Waals surface area (Å²) in [6, 6.07) is 1.50. The van der Waals surface area contributed by atoms with Crippen molar-refractivity contribution in [3.63, 3.8) is 0 Å². The van der Waals surface area contributed by atoms with Crippen molar-refractivity contribution in [1.82, 2.24) is 0 Å². The summed E-state index contributed by atoms with van der Waals surface area (Å²) in [6.07, 6.45) is 7.21. The van der Waals surface area contributed by atoms with E-state index < -0.39 is 11.7 Å². The van der Waals surface area contributed by atoms with Crippen LogP contribution in [0.25, 0.3) is 0 Å². The van der Waals surface area contributed by atoms with Crippen LogP contribution in [0.3, 0.4) is 0 Å². The third kappa shape index (κ3) is 7.13. The Labute approximate surface area is 168 Å². The number of aryl methyl sites for hydroxylation is 1. The maximum atomic E-state index is 11.1. The highest BCUT2D eigenvalue weighted by Crippen LogP contribution is 2.33. The van der Waals surface area contributed by atoms with Gasteiger partial charge in [0, 0.05) is 5.56 Å². The molecule has 0 saturated carbocycles. The van der Waals surface area contributed by atoms with Gasteiger partial charge in [-0.15, -0.1) is 0 Å². The van der Waals surface area contributed by atoms with Gasteiger partial charge >= 0.3 is 0 Å². The molecule has 1 aromatic rings. The fourth-order valence-electron chi connectivity index (χ4n) is 2.93. The number of aldehydes is 1. The number of hydrogen-bond acceptors (Lipinski definition) is 5. The van der Waals surface area contributed by atoms with Crippen molar-refractivity contribution in [3.8, 4) is 11.5 Å². The van der Waals surface area contributed by atoms with Crippen LogP contribution in [0.4, 0.5) is 0 Å². The molecule has 0 spiro atoms. The molecular weight excluding hydrogens is 356 g/mol. The molecule has 156 valence electrons. The van der Waals surface area contributed by atoms with E-state index in [2.05, 4.69) is 6.08 Å². The number of aliphatic hydroxyl groups is 2. The van der Waals surface area contributed by atoms with Crippen molar-refractivity contribution in [3.05, 3.63) is 46.1 Å². The third-order valence-corrected chi connectivity index (χ3v) is 5.06. The molecule has 0 aliphatic carbocycles. The lowest BCUT2D eigenvalue weighted by atomic mass is 9.95. The minimum absolute atomic E-state index is 0.00856. The molecule has 5 nitrogen and oxygen atoms in total. The lowest BCUT2D eigenvalue weighted by molar-refractivity contribution is -0.0509. The van der Waals surface area contributed by atoms with Crippen LogP contribution in [0.1, 0.15) is 74.9 Å². The highest BCUT2D eigenvalue weighted by atomic mass is 16.3. The second-order valence-corrected chi connectivity index (χ2v) is 8.12. The van der Waals surface area contributed by atoms with Gasteiger partial charge < -0.3 is 20.4 Å². The van der Waals surface area contributed by atoms with Gasteiger partial charge in [0.2, 0.25) is 0 Å². The third-order valence-electron chi connectivity index (χ3n) is 5.06. The minimum Gasteiger partial charge on any atom is -0.508 e. The first-order valence-electron chi connectivity index (χ1n) is 9.68. The first kappa shape index (κ1) is 23.9. The zero-order valence-corrected chi connectivity index (χ0v) is 17.6. The second kappa shape index (κ2) is 10.4. The monoisotopic (exact) mass is 390 g/mol. The Morgan fingerprint density at radius 2 is 1.75 bits per heavy atom. The molecule has 4 N–H and O–H groups in total. The van der Waals surface area contributed by atoms with Gasteiger partial charge in [0.1, 0.15) is 11.5 Å². The van der Waals surface area contributed by atoms with Gasteiger partial charge in [0.25, 0.3) is 0 Å². The van der Waals surface area contributed by atoms with Gasteiger partial charge in [0.15, 0.2) is 6.29 Å². The van der Waals surface area contributed by atoms with Gasteiger partial charge in [-0.25, -0.2) is 0 Å². The van der Waals surface area contributed by atoms with Crippen LogP contribution in [-0.4, -0.2) is 38.4 Å². The summed E-state index contributed by atoms with van der Waals surface area (Å²) in [5.41, 5.74) is 2.32. The Hall–Kier alpha value is -2.11. The number of phenolic OH excluding ortho intramolecular Hbond substituents is 2. The molecule has 1 aromatic carbocycles. The van der Waals surface area contributed by atoms with Crippen LogP contribution in [-0.2, 0) is 6.42 Å². The zero-order valence-electron chi connectivity index (χ0n) is 17.6. The standard InChI is InChI=1S/C23H34O5/c1-15(7-6-8-16(2)10-12-21(26)23(4,5)28)9-11-18-20(25)13-17(3)19(14-24)22(18)27/h8-9,13-14,21,25-28H,6-7,10-12H2,1-5H3/b15-9+,16-8+/t21-/m1/s1. The number of rotatable bonds is 10. The first-order valence-corrected chi connectivity index (χ1v) is 9.68. The Bertz CT molecular complexity index is 738. The van der Waals surface area contributed by atoms with E-state index in [1.807, 2.05) is 19.9 Å². The number of aromatic hydroxyl groups is 2. The van der Waals surface area contributed by atoms with Crippen molar-refractivity contribution in [2.24, 2.45) is 0 Å². The summed E-state index contributed by atoms with van der Waals surface area (Å²) in [6.45, 7) is 8.88. The van der Waals surface area contributed by atoms with Gasteiger partial charge in [-0.3, -0.25) is 4.79 Å². The van der Waals surface area contributed by atoms with E-state index >= 15 is 0 Å². The average molecular weight is 391 g/mol. The Morgan fingerprint density at radius 3 is 2.32 bits per heavy atom. The minimum atomic E-state index is -1.09. The summed E-state index contributed by atoms with van der Waals surface area (Å²) < 4.78 is 0. The number of phenols is 2. The van der Waals surface area contributed by atoms with Gasteiger partial charge in [0.05, 0.1) is 17.3 Å². The molecule has 0 amide bonds. The molecule has 0 aromatic heterocycles. The molecule has 5 heteroatoms. The molecule has 0 bridgehead atoms. The van der Waals surface area contributed by atoms with Gasteiger partial charge in [-0.2, -0.15) is 0 Å². The predicted octanol–water partition coefficient (Wildman–Crippen LogP) is 4.35. The topological polar surface area (TPSA) is 98.0 Å². The number of carbonyl (C=O) groups is 1. The van der Waals surface area contributed by atoms with E-state index in [9.17, 15) is 25.2 Å². The van der Waals surface area contributed by atoms with Crippen LogP contribution in [0.15, 0.2) is 29.4 Å². The van der Waals surface area contributed by atoms with E-state index in [-0.39, 0.29) is 17.1 Å². The quantitative estimate of drug-likeness (QED) is 0.352. The van der Waals surface area contributed by atoms with E-state index in [0.717, 1.165) is 24.8 Å². The maximum absolute atomic E-state index is 11.1. The van der Waals surface area contributed by atoms with Crippen molar-refractivity contribution >= 4 is 6.29 Å². The highest BCUT2D eigenvalue weighted by molar-refractivity contribution is 5.83. The predicted molar refractivity (Wildman–Crippen MR) is 112 cm³/mol. The first-order chi connectivity index (χ1) is 13.0. The fourth-order valence-corrected chi connectivity index (χ4v) is 2.93. The SMILES string of the molecule is C/C(=C\Cc1c(O)cc(C)c(C=O)c1O)CC/C=C(\C)CC[C@@H](O)C(C)(C)O. The Morgan fingerprint density at radius 1 is 1.14 bits per heavy atom. The van der Waals surface area contributed by atoms with Crippen LogP contribution in [0.5, 0.6) is 11.5 Å². The molecule has 1 atom stereocenters. The molecule has 1 rings (SSSR count). The van der Waals surface area contributed by atoms with E-state index in [1.165, 1.54) is 11.6 Å². The van der Waals surface area contributed by atoms with Crippen molar-refractivity contribution in [2.45, 2.75) is 78.4 Å². The van der Waals surface area contributed by atoms with E-state index in [4.69, 9.17) is 0 Å². The van der Waals surface area contributed by atoms with Crippen LogP contribution >= 0.6 is 0 Å². The molecule has 0 aliphatic rings. The molecular formula is C23H34O5. The molecule has 0 saturated heterocycles. The van der Waals surface area contributed by atoms with E-state index in [1.54, 1.807) is 20.8 Å². The summed E-state index contributed by atoms with van der Waals surface area (Å²) in [5, 5.41) is 39.9. The van der Waals surface area contributed by atoms with Crippen LogP contribution < -0.4 is 0 Å². The Kier molecular flexibility index (Phi) is 8.92. The van der Waals surface area contributed by atoms with E-state index in [0.29, 0.717) is 30.3 Å². The summed E-state index contributed by atoms with van der Waals surface area (Å²) in [5.74, 6) is -0.164. The normalized spacial score (nSPS) is 14.2. The lowest BCUT2D eigenvalue weighted by Gasteiger charge is -2.24. The largest absolute Gasteiger partial charge is 0.508 e. The molecule has 28 heavy (non-hydrogen) atoms. The lowest BCUT2D eigenvalue weighted by Crippen LogP contribution is -2.35. The smallest absolute Gasteiger partial charge is 0.154 e. The average Bonchev–Trinajstić information content (AvgIpc) is 2.58. The fraction of sp³-hybridized carbons (Fsp3) is 0.522. The number of aliphatic hydroxyl groups excluding tert-OH is 1. The Balaban J connectivity index is 2.62. The zero-order chi connectivity index (χ0) is 21.5. The maximum Gasteiger partial charge on any atom is 0.154 e. The number of carbonyl (C=O) groups excluding carboxylic acids is 1. The molecule has 0 heterocycles. The summed E-state index contributed by atoms with van der Waals surface area (Å²) in [7, 11) is 0. The molecule has 0 aliphatic heterocycles. The van der Waals surface area contributed by atoms with Gasteiger partial charge in [-0.1, -0.05) is 23.3 Å².